The van der Waals surface area contributed by atoms with Crippen molar-refractivity contribution in [3.05, 3.63) is 48.2 Å². The fourth-order valence-corrected chi connectivity index (χ4v) is 3.50. The second kappa shape index (κ2) is 9.55. The predicted octanol–water partition coefficient (Wildman–Crippen LogP) is 2.60. The van der Waals surface area contributed by atoms with Gasteiger partial charge in [0, 0.05) is 19.4 Å². The second-order valence-electron chi connectivity index (χ2n) is 7.23. The van der Waals surface area contributed by atoms with E-state index < -0.39 is 0 Å². The largest absolute Gasteiger partial charge is 0.473 e. The Kier molecular flexibility index (Phi) is 6.41. The number of carbonyl (C=O) groups is 1. The number of carbonyl (C=O) groups excluding carboxylic acids is 1. The van der Waals surface area contributed by atoms with Crippen molar-refractivity contribution in [2.45, 2.75) is 25.0 Å². The van der Waals surface area contributed by atoms with E-state index in [1.54, 1.807) is 19.4 Å². The molecule has 0 radical (unpaired) electrons. The summed E-state index contributed by atoms with van der Waals surface area (Å²) in [7, 11) is 1.60. The Labute approximate surface area is 174 Å². The number of fused-ring (bicyclic) bond motifs is 1. The maximum absolute atomic E-state index is 12.5. The molecule has 0 spiro atoms. The van der Waals surface area contributed by atoms with Crippen LogP contribution in [-0.4, -0.2) is 54.1 Å². The molecule has 2 aromatic heterocycles. The van der Waals surface area contributed by atoms with Gasteiger partial charge in [-0.3, -0.25) is 10.4 Å². The van der Waals surface area contributed by atoms with Gasteiger partial charge < -0.3 is 20.1 Å². The third kappa shape index (κ3) is 4.87. The molecule has 2 amide bonds. The zero-order valence-corrected chi connectivity index (χ0v) is 16.9. The van der Waals surface area contributed by atoms with Gasteiger partial charge in [0.25, 0.3) is 0 Å². The Hall–Kier alpha value is -3.17. The topological polar surface area (TPSA) is 113 Å². The van der Waals surface area contributed by atoms with Crippen LogP contribution in [0.2, 0.25) is 0 Å². The maximum Gasteiger partial charge on any atom is 0.320 e. The van der Waals surface area contributed by atoms with Gasteiger partial charge in [-0.05, 0) is 31.5 Å². The van der Waals surface area contributed by atoms with E-state index >= 15 is 0 Å². The molecule has 3 aromatic rings. The first-order valence-corrected chi connectivity index (χ1v) is 10.1. The van der Waals surface area contributed by atoms with Gasteiger partial charge >= 0.3 is 6.03 Å². The summed E-state index contributed by atoms with van der Waals surface area (Å²) in [6, 6.07) is 10.8. The number of piperidine rings is 1. The quantitative estimate of drug-likeness (QED) is 0.476. The summed E-state index contributed by atoms with van der Waals surface area (Å²) >= 11 is 0. The van der Waals surface area contributed by atoms with E-state index in [0.717, 1.165) is 42.4 Å². The van der Waals surface area contributed by atoms with Crippen molar-refractivity contribution in [2.75, 3.05) is 32.1 Å². The molecule has 0 unspecified atom stereocenters. The van der Waals surface area contributed by atoms with E-state index in [2.05, 4.69) is 31.1 Å². The number of hydrogen-bond donors (Lipinski definition) is 4. The standard InChI is InChI=1S/C21H26N6O3/c1-29-13-18(14-5-3-2-4-6-14)24-21(28)25-19-11-17-16(12-23-19)20(27-26-17)30-15-7-9-22-10-8-15/h2-6,11-12,15,18,22H,7-10,13H2,1H3,(H,26,27)(H2,23,24,25,28)/t18-/m1/s1. The van der Waals surface area contributed by atoms with E-state index in [1.165, 1.54) is 0 Å². The number of aromatic amines is 1. The van der Waals surface area contributed by atoms with E-state index in [0.29, 0.717) is 18.3 Å². The summed E-state index contributed by atoms with van der Waals surface area (Å²) in [5, 5.41) is 17.0. The van der Waals surface area contributed by atoms with Gasteiger partial charge in [0.2, 0.25) is 5.88 Å². The lowest BCUT2D eigenvalue weighted by molar-refractivity contribution is 0.157. The summed E-state index contributed by atoms with van der Waals surface area (Å²) in [6.45, 7) is 2.25. The number of aromatic nitrogens is 3. The van der Waals surface area contributed by atoms with Gasteiger partial charge in [0.05, 0.1) is 23.6 Å². The number of urea groups is 1. The SMILES string of the molecule is COC[C@@H](NC(=O)Nc1cc2[nH]nc(OC3CCNCC3)c2cn1)c1ccccc1. The van der Waals surface area contributed by atoms with E-state index in [1.807, 2.05) is 30.3 Å². The molecular formula is C21H26N6O3. The molecule has 158 valence electrons. The number of H-pyrrole nitrogens is 1. The number of methoxy groups -OCH3 is 1. The fourth-order valence-electron chi connectivity index (χ4n) is 3.50. The van der Waals surface area contributed by atoms with Crippen molar-refractivity contribution < 1.29 is 14.3 Å². The number of nitrogens with zero attached hydrogens (tertiary/aromatic N) is 2. The molecule has 1 aliphatic heterocycles. The van der Waals surface area contributed by atoms with Gasteiger partial charge in [0.1, 0.15) is 11.9 Å². The molecular weight excluding hydrogens is 384 g/mol. The molecule has 0 saturated carbocycles. The molecule has 0 aliphatic carbocycles. The lowest BCUT2D eigenvalue weighted by atomic mass is 10.1. The normalized spacial score (nSPS) is 15.6. The van der Waals surface area contributed by atoms with Crippen LogP contribution in [0.4, 0.5) is 10.6 Å². The Morgan fingerprint density at radius 3 is 2.83 bits per heavy atom. The third-order valence-electron chi connectivity index (χ3n) is 5.06. The van der Waals surface area contributed by atoms with Gasteiger partial charge in [-0.25, -0.2) is 9.78 Å². The first-order chi connectivity index (χ1) is 14.7. The summed E-state index contributed by atoms with van der Waals surface area (Å²) in [4.78, 5) is 16.8. The van der Waals surface area contributed by atoms with E-state index in [4.69, 9.17) is 9.47 Å². The molecule has 4 rings (SSSR count). The van der Waals surface area contributed by atoms with Gasteiger partial charge in [0.15, 0.2) is 0 Å². The van der Waals surface area contributed by atoms with E-state index in [9.17, 15) is 4.79 Å². The molecule has 3 heterocycles. The van der Waals surface area contributed by atoms with Crippen molar-refractivity contribution in [3.63, 3.8) is 0 Å². The number of amides is 2. The lowest BCUT2D eigenvalue weighted by Gasteiger charge is -2.22. The first kappa shape index (κ1) is 20.1. The number of anilines is 1. The Morgan fingerprint density at radius 2 is 2.07 bits per heavy atom. The lowest BCUT2D eigenvalue weighted by Crippen LogP contribution is -2.35. The number of ether oxygens (including phenoxy) is 2. The van der Waals surface area contributed by atoms with Crippen LogP contribution in [-0.2, 0) is 4.74 Å². The van der Waals surface area contributed by atoms with Crippen molar-refractivity contribution in [2.24, 2.45) is 0 Å². The Balaban J connectivity index is 1.41. The number of benzene rings is 1. The van der Waals surface area contributed by atoms with Crippen LogP contribution in [0.15, 0.2) is 42.6 Å². The highest BCUT2D eigenvalue weighted by molar-refractivity contribution is 5.92. The van der Waals surface area contributed by atoms with E-state index in [-0.39, 0.29) is 18.2 Å². The van der Waals surface area contributed by atoms with Gasteiger partial charge in [-0.2, -0.15) is 0 Å². The average molecular weight is 410 g/mol. The average Bonchev–Trinajstić information content (AvgIpc) is 3.16. The van der Waals surface area contributed by atoms with Crippen LogP contribution in [0, 0.1) is 0 Å². The van der Waals surface area contributed by atoms with Crippen LogP contribution in [0.1, 0.15) is 24.4 Å². The molecule has 4 N–H and O–H groups in total. The number of rotatable bonds is 7. The molecule has 1 fully saturated rings. The summed E-state index contributed by atoms with van der Waals surface area (Å²) < 4.78 is 11.3. The van der Waals surface area contributed by atoms with Crippen LogP contribution in [0.25, 0.3) is 10.9 Å². The van der Waals surface area contributed by atoms with Crippen LogP contribution < -0.4 is 20.7 Å². The summed E-state index contributed by atoms with van der Waals surface area (Å²) in [5.74, 6) is 0.964. The zero-order valence-electron chi connectivity index (χ0n) is 16.9. The van der Waals surface area contributed by atoms with Crippen LogP contribution in [0.3, 0.4) is 0 Å². The Bertz CT molecular complexity index is 971. The zero-order chi connectivity index (χ0) is 20.8. The summed E-state index contributed by atoms with van der Waals surface area (Å²) in [5.41, 5.74) is 1.71. The smallest absolute Gasteiger partial charge is 0.320 e. The molecule has 9 heteroatoms. The minimum Gasteiger partial charge on any atom is -0.473 e. The summed E-state index contributed by atoms with van der Waals surface area (Å²) in [6.07, 6.45) is 3.71. The molecule has 1 atom stereocenters. The van der Waals surface area contributed by atoms with Crippen LogP contribution >= 0.6 is 0 Å². The minimum atomic E-state index is -0.363. The predicted molar refractivity (Wildman–Crippen MR) is 114 cm³/mol. The Morgan fingerprint density at radius 1 is 1.27 bits per heavy atom. The minimum absolute atomic E-state index is 0.150. The number of hydrogen-bond acceptors (Lipinski definition) is 6. The second-order valence-corrected chi connectivity index (χ2v) is 7.23. The van der Waals surface area contributed by atoms with Gasteiger partial charge in [-0.15, -0.1) is 5.10 Å². The molecule has 30 heavy (non-hydrogen) atoms. The first-order valence-electron chi connectivity index (χ1n) is 10.1. The highest BCUT2D eigenvalue weighted by Gasteiger charge is 2.19. The third-order valence-corrected chi connectivity index (χ3v) is 5.06. The fraction of sp³-hybridized carbons (Fsp3) is 0.381. The van der Waals surface area contributed by atoms with Crippen molar-refractivity contribution >= 4 is 22.8 Å². The highest BCUT2D eigenvalue weighted by atomic mass is 16.5. The molecule has 0 bridgehead atoms. The molecule has 1 aliphatic rings. The number of nitrogens with one attached hydrogen (secondary N) is 4. The highest BCUT2D eigenvalue weighted by Crippen LogP contribution is 2.26. The van der Waals surface area contributed by atoms with Crippen LogP contribution in [0.5, 0.6) is 5.88 Å². The maximum atomic E-state index is 12.5. The molecule has 1 saturated heterocycles. The van der Waals surface area contributed by atoms with Gasteiger partial charge in [-0.1, -0.05) is 30.3 Å². The monoisotopic (exact) mass is 410 g/mol. The molecule has 9 nitrogen and oxygen atoms in total. The molecule has 1 aromatic carbocycles. The van der Waals surface area contributed by atoms with Crippen molar-refractivity contribution in [1.82, 2.24) is 25.8 Å². The van der Waals surface area contributed by atoms with Crippen molar-refractivity contribution in [1.29, 1.82) is 0 Å². The number of pyridine rings is 1. The van der Waals surface area contributed by atoms with Crippen molar-refractivity contribution in [3.8, 4) is 5.88 Å².